The maximum atomic E-state index is 7.06. The monoisotopic (exact) mass is 693 g/mol. The maximum absolute atomic E-state index is 7.06. The lowest BCUT2D eigenvalue weighted by atomic mass is 9.81. The summed E-state index contributed by atoms with van der Waals surface area (Å²) in [6.45, 7) is 9.39. The van der Waals surface area contributed by atoms with Crippen LogP contribution in [0.25, 0.3) is 66.1 Å². The molecule has 258 valence electrons. The highest BCUT2D eigenvalue weighted by atomic mass is 16.3. The molecule has 0 radical (unpaired) electrons. The van der Waals surface area contributed by atoms with Gasteiger partial charge in [0, 0.05) is 50.3 Å². The molecule has 0 fully saturated rings. The number of hydrogen-bond acceptors (Lipinski definition) is 2. The molecular formula is C52H39NO. The topological polar surface area (TPSA) is 16.4 Å². The molecular weight excluding hydrogens is 655 g/mol. The van der Waals surface area contributed by atoms with E-state index in [0.717, 1.165) is 44.6 Å². The van der Waals surface area contributed by atoms with Gasteiger partial charge in [-0.15, -0.1) is 0 Å². The van der Waals surface area contributed by atoms with Crippen LogP contribution in [-0.4, -0.2) is 0 Å². The molecule has 2 heteroatoms. The Balaban J connectivity index is 1.10. The van der Waals surface area contributed by atoms with Gasteiger partial charge in [0.25, 0.3) is 0 Å². The summed E-state index contributed by atoms with van der Waals surface area (Å²) in [7, 11) is 0. The van der Waals surface area contributed by atoms with Gasteiger partial charge >= 0.3 is 0 Å². The normalized spacial score (nSPS) is 14.6. The van der Waals surface area contributed by atoms with Gasteiger partial charge in [-0.05, 0) is 109 Å². The van der Waals surface area contributed by atoms with Crippen LogP contribution in [0.3, 0.4) is 0 Å². The maximum Gasteiger partial charge on any atom is 0.143 e. The second-order valence-electron chi connectivity index (χ2n) is 16.1. The van der Waals surface area contributed by atoms with Gasteiger partial charge in [-0.1, -0.05) is 137 Å². The molecule has 0 spiro atoms. The highest BCUT2D eigenvalue weighted by Crippen LogP contribution is 2.53. The molecule has 0 saturated heterocycles. The second-order valence-corrected chi connectivity index (χ2v) is 16.1. The minimum Gasteiger partial charge on any atom is -0.455 e. The number of rotatable bonds is 4. The van der Waals surface area contributed by atoms with Crippen LogP contribution in [0.1, 0.15) is 49.9 Å². The van der Waals surface area contributed by atoms with Gasteiger partial charge < -0.3 is 9.32 Å². The molecule has 9 aromatic rings. The van der Waals surface area contributed by atoms with Crippen molar-refractivity contribution in [2.24, 2.45) is 0 Å². The summed E-state index contributed by atoms with van der Waals surface area (Å²) in [6.07, 6.45) is 0. The average Bonchev–Trinajstić information content (AvgIpc) is 3.76. The molecule has 1 aromatic heterocycles. The number of fused-ring (bicyclic) bond motifs is 10. The van der Waals surface area contributed by atoms with E-state index in [4.69, 9.17) is 4.42 Å². The molecule has 2 aliphatic carbocycles. The van der Waals surface area contributed by atoms with Crippen molar-refractivity contribution in [2.45, 2.75) is 38.5 Å². The number of benzene rings is 8. The van der Waals surface area contributed by atoms with Crippen LogP contribution in [0, 0.1) is 0 Å². The van der Waals surface area contributed by atoms with Crippen molar-refractivity contribution in [3.63, 3.8) is 0 Å². The van der Waals surface area contributed by atoms with Crippen molar-refractivity contribution in [2.75, 3.05) is 4.90 Å². The molecule has 0 bridgehead atoms. The van der Waals surface area contributed by atoms with Gasteiger partial charge in [0.2, 0.25) is 0 Å². The SMILES string of the molecule is CC1(C)c2ccccc2-c2ccc(-c3c4ccccc4cc4c3oc3cc(N(c5ccccc5)c5ccc6c(c5)C(C)(C)c5ccccc5-6)ccc34)cc21. The highest BCUT2D eigenvalue weighted by molar-refractivity contribution is 6.18. The lowest BCUT2D eigenvalue weighted by Gasteiger charge is -2.28. The first-order valence-electron chi connectivity index (χ1n) is 19.0. The van der Waals surface area contributed by atoms with E-state index in [2.05, 4.69) is 196 Å². The van der Waals surface area contributed by atoms with E-state index in [1.54, 1.807) is 0 Å². The van der Waals surface area contributed by atoms with Crippen molar-refractivity contribution in [1.82, 2.24) is 0 Å². The summed E-state index contributed by atoms with van der Waals surface area (Å²) in [5.41, 5.74) is 18.0. The van der Waals surface area contributed by atoms with E-state index in [-0.39, 0.29) is 10.8 Å². The highest BCUT2D eigenvalue weighted by Gasteiger charge is 2.37. The minimum atomic E-state index is -0.0963. The fourth-order valence-corrected chi connectivity index (χ4v) is 9.70. The van der Waals surface area contributed by atoms with Gasteiger partial charge in [0.1, 0.15) is 11.2 Å². The largest absolute Gasteiger partial charge is 0.455 e. The Hall–Kier alpha value is -6.38. The van der Waals surface area contributed by atoms with E-state index in [0.29, 0.717) is 0 Å². The number of furan rings is 1. The van der Waals surface area contributed by atoms with Crippen LogP contribution in [0.15, 0.2) is 168 Å². The zero-order chi connectivity index (χ0) is 36.3. The van der Waals surface area contributed by atoms with Crippen LogP contribution in [-0.2, 0) is 10.8 Å². The van der Waals surface area contributed by atoms with E-state index >= 15 is 0 Å². The first-order valence-corrected chi connectivity index (χ1v) is 19.0. The standard InChI is InChI=1S/C52H39NO/c1-51(2)44-20-12-10-18-38(44)40-25-22-33(29-46(40)51)49-37-17-9-8-14-32(37)28-43-42-27-24-36(31-48(42)54-50(43)49)53(34-15-6-5-7-16-34)35-23-26-41-39-19-11-13-21-45(39)52(3,4)47(41)30-35/h5-31H,1-4H3. The van der Waals surface area contributed by atoms with Gasteiger partial charge in [-0.25, -0.2) is 0 Å². The van der Waals surface area contributed by atoms with Crippen LogP contribution in [0.2, 0.25) is 0 Å². The Kier molecular flexibility index (Phi) is 6.39. The number of hydrogen-bond donors (Lipinski definition) is 0. The summed E-state index contributed by atoms with van der Waals surface area (Å²) in [5, 5.41) is 4.66. The fourth-order valence-electron chi connectivity index (χ4n) is 9.70. The van der Waals surface area contributed by atoms with Crippen molar-refractivity contribution >= 4 is 49.8 Å². The van der Waals surface area contributed by atoms with Crippen LogP contribution in [0.5, 0.6) is 0 Å². The number of para-hydroxylation sites is 1. The Bertz CT molecular complexity index is 3000. The lowest BCUT2D eigenvalue weighted by molar-refractivity contribution is 0.660. The molecule has 1 heterocycles. The summed E-state index contributed by atoms with van der Waals surface area (Å²) >= 11 is 0. The van der Waals surface area contributed by atoms with Crippen LogP contribution < -0.4 is 4.90 Å². The Labute approximate surface area is 315 Å². The molecule has 2 nitrogen and oxygen atoms in total. The minimum absolute atomic E-state index is 0.0924. The van der Waals surface area contributed by atoms with E-state index < -0.39 is 0 Å². The van der Waals surface area contributed by atoms with Gasteiger partial charge in [-0.3, -0.25) is 0 Å². The summed E-state index contributed by atoms with van der Waals surface area (Å²) < 4.78 is 7.06. The Morgan fingerprint density at radius 1 is 0.407 bits per heavy atom. The third-order valence-electron chi connectivity index (χ3n) is 12.4. The van der Waals surface area contributed by atoms with Crippen LogP contribution >= 0.6 is 0 Å². The quantitative estimate of drug-likeness (QED) is 0.182. The molecule has 0 atom stereocenters. The average molecular weight is 694 g/mol. The van der Waals surface area contributed by atoms with Gasteiger partial charge in [0.05, 0.1) is 0 Å². The lowest BCUT2D eigenvalue weighted by Crippen LogP contribution is -2.16. The molecule has 11 rings (SSSR count). The molecule has 2 aliphatic rings. The zero-order valence-electron chi connectivity index (χ0n) is 30.9. The smallest absolute Gasteiger partial charge is 0.143 e. The third kappa shape index (κ3) is 4.28. The molecule has 0 aliphatic heterocycles. The molecule has 0 unspecified atom stereocenters. The summed E-state index contributed by atoms with van der Waals surface area (Å²) in [4.78, 5) is 2.36. The van der Waals surface area contributed by atoms with E-state index in [1.807, 2.05) is 0 Å². The first-order chi connectivity index (χ1) is 26.3. The molecule has 0 amide bonds. The van der Waals surface area contributed by atoms with Crippen molar-refractivity contribution in [3.8, 4) is 33.4 Å². The molecule has 0 N–H and O–H groups in total. The summed E-state index contributed by atoms with van der Waals surface area (Å²) in [5.74, 6) is 0. The van der Waals surface area contributed by atoms with E-state index in [1.165, 1.54) is 60.8 Å². The first kappa shape index (κ1) is 31.2. The van der Waals surface area contributed by atoms with Crippen molar-refractivity contribution < 1.29 is 4.42 Å². The fraction of sp³-hybridized carbons (Fsp3) is 0.115. The third-order valence-corrected chi connectivity index (χ3v) is 12.4. The van der Waals surface area contributed by atoms with E-state index in [9.17, 15) is 0 Å². The zero-order valence-corrected chi connectivity index (χ0v) is 30.9. The van der Waals surface area contributed by atoms with Gasteiger partial charge in [-0.2, -0.15) is 0 Å². The van der Waals surface area contributed by atoms with Crippen LogP contribution in [0.4, 0.5) is 17.1 Å². The summed E-state index contributed by atoms with van der Waals surface area (Å²) in [6, 6.07) is 60.2. The van der Waals surface area contributed by atoms with Crippen molar-refractivity contribution in [3.05, 3.63) is 186 Å². The molecule has 0 saturated carbocycles. The Morgan fingerprint density at radius 3 is 1.72 bits per heavy atom. The predicted molar refractivity (Wildman–Crippen MR) is 226 cm³/mol. The predicted octanol–water partition coefficient (Wildman–Crippen LogP) is 14.5. The van der Waals surface area contributed by atoms with Gasteiger partial charge in [0.15, 0.2) is 0 Å². The number of anilines is 3. The molecule has 8 aromatic carbocycles. The number of nitrogens with zero attached hydrogens (tertiary/aromatic N) is 1. The second kappa shape index (κ2) is 11.1. The molecule has 54 heavy (non-hydrogen) atoms. The van der Waals surface area contributed by atoms with Crippen molar-refractivity contribution in [1.29, 1.82) is 0 Å². The Morgan fingerprint density at radius 2 is 0.981 bits per heavy atom.